The van der Waals surface area contributed by atoms with Gasteiger partial charge < -0.3 is 15.0 Å². The number of hydrogen-bond donors (Lipinski definition) is 1. The van der Waals surface area contributed by atoms with Crippen LogP contribution in [0.2, 0.25) is 0 Å². The number of rotatable bonds is 8. The molecular weight excluding hydrogens is 214 g/mol. The van der Waals surface area contributed by atoms with Crippen molar-refractivity contribution in [3.05, 3.63) is 24.0 Å². The fraction of sp³-hybridized carbons (Fsp3) is 0.615. The summed E-state index contributed by atoms with van der Waals surface area (Å²) in [7, 11) is 1.92. The van der Waals surface area contributed by atoms with Crippen LogP contribution in [0.5, 0.6) is 5.75 Å². The number of ether oxygens (including phenoxy) is 1. The van der Waals surface area contributed by atoms with Crippen LogP contribution in [0.4, 0.5) is 0 Å². The first-order valence-corrected chi connectivity index (χ1v) is 6.24. The largest absolute Gasteiger partial charge is 0.492 e. The van der Waals surface area contributed by atoms with Crippen molar-refractivity contribution in [3.8, 4) is 5.75 Å². The second-order valence-corrected chi connectivity index (χ2v) is 3.89. The fourth-order valence-corrected chi connectivity index (χ4v) is 1.70. The molecule has 0 saturated carbocycles. The van der Waals surface area contributed by atoms with E-state index in [1.807, 2.05) is 19.3 Å². The highest BCUT2D eigenvalue weighted by Crippen LogP contribution is 2.15. The van der Waals surface area contributed by atoms with Gasteiger partial charge in [-0.05, 0) is 26.2 Å². The van der Waals surface area contributed by atoms with Gasteiger partial charge in [-0.3, -0.25) is 4.98 Å². The van der Waals surface area contributed by atoms with Crippen molar-refractivity contribution >= 4 is 0 Å². The third kappa shape index (κ3) is 4.71. The molecule has 0 unspecified atom stereocenters. The van der Waals surface area contributed by atoms with Gasteiger partial charge in [-0.25, -0.2) is 0 Å². The highest BCUT2D eigenvalue weighted by molar-refractivity contribution is 5.29. The van der Waals surface area contributed by atoms with Crippen LogP contribution in [0.15, 0.2) is 18.5 Å². The number of pyridine rings is 1. The maximum Gasteiger partial charge on any atom is 0.126 e. The minimum absolute atomic E-state index is 0.725. The summed E-state index contributed by atoms with van der Waals surface area (Å²) in [6, 6.07) is 1.93. The van der Waals surface area contributed by atoms with Crippen LogP contribution in [0.25, 0.3) is 0 Å². The van der Waals surface area contributed by atoms with E-state index in [2.05, 4.69) is 29.0 Å². The lowest BCUT2D eigenvalue weighted by atomic mass is 10.2. The van der Waals surface area contributed by atoms with Crippen molar-refractivity contribution in [2.45, 2.75) is 20.4 Å². The molecule has 1 aromatic rings. The van der Waals surface area contributed by atoms with Gasteiger partial charge in [-0.15, -0.1) is 0 Å². The molecule has 0 aromatic carbocycles. The molecule has 96 valence electrons. The lowest BCUT2D eigenvalue weighted by Gasteiger charge is -2.18. The molecule has 4 nitrogen and oxygen atoms in total. The molecule has 0 aliphatic carbocycles. The average Bonchev–Trinajstić information content (AvgIpc) is 2.37. The van der Waals surface area contributed by atoms with Gasteiger partial charge in [0.25, 0.3) is 0 Å². The Hall–Kier alpha value is -1.13. The Morgan fingerprint density at radius 3 is 2.76 bits per heavy atom. The van der Waals surface area contributed by atoms with E-state index in [9.17, 15) is 0 Å². The lowest BCUT2D eigenvalue weighted by Crippen LogP contribution is -2.28. The molecule has 0 spiro atoms. The average molecular weight is 237 g/mol. The molecule has 0 amide bonds. The first-order valence-electron chi connectivity index (χ1n) is 6.24. The second-order valence-electron chi connectivity index (χ2n) is 3.89. The first-order chi connectivity index (χ1) is 8.31. The quantitative estimate of drug-likeness (QED) is 0.744. The Kier molecular flexibility index (Phi) is 6.58. The number of nitrogens with zero attached hydrogens (tertiary/aromatic N) is 2. The number of nitrogens with one attached hydrogen (secondary N) is 1. The topological polar surface area (TPSA) is 37.4 Å². The number of likely N-dealkylation sites (N-methyl/N-ethyl adjacent to an activating group) is 1. The number of aromatic nitrogens is 1. The van der Waals surface area contributed by atoms with Crippen molar-refractivity contribution in [2.24, 2.45) is 0 Å². The molecule has 4 heteroatoms. The predicted octanol–water partition coefficient (Wildman–Crippen LogP) is 1.52. The van der Waals surface area contributed by atoms with Crippen molar-refractivity contribution in [3.63, 3.8) is 0 Å². The Balaban J connectivity index is 2.45. The zero-order valence-corrected chi connectivity index (χ0v) is 11.1. The summed E-state index contributed by atoms with van der Waals surface area (Å²) < 4.78 is 5.80. The summed E-state index contributed by atoms with van der Waals surface area (Å²) in [5.74, 6) is 0.932. The maximum atomic E-state index is 5.80. The highest BCUT2D eigenvalue weighted by Gasteiger charge is 2.04. The van der Waals surface area contributed by atoms with Gasteiger partial charge in [-0.1, -0.05) is 13.8 Å². The van der Waals surface area contributed by atoms with Crippen molar-refractivity contribution in [1.82, 2.24) is 15.2 Å². The molecule has 0 aliphatic heterocycles. The van der Waals surface area contributed by atoms with Crippen LogP contribution in [-0.2, 0) is 6.54 Å². The molecule has 1 N–H and O–H groups in total. The molecule has 0 fully saturated rings. The Labute approximate surface area is 104 Å². The van der Waals surface area contributed by atoms with Crippen molar-refractivity contribution < 1.29 is 4.74 Å². The third-order valence-corrected chi connectivity index (χ3v) is 2.79. The van der Waals surface area contributed by atoms with Crippen molar-refractivity contribution in [2.75, 3.05) is 33.3 Å². The molecule has 1 rings (SSSR count). The van der Waals surface area contributed by atoms with Gasteiger partial charge in [0, 0.05) is 31.0 Å². The molecule has 0 bridgehead atoms. The van der Waals surface area contributed by atoms with Crippen LogP contribution in [0.1, 0.15) is 19.4 Å². The fourth-order valence-electron chi connectivity index (χ4n) is 1.70. The van der Waals surface area contributed by atoms with Gasteiger partial charge in [-0.2, -0.15) is 0 Å². The molecule has 0 saturated heterocycles. The molecule has 0 radical (unpaired) electrons. The van der Waals surface area contributed by atoms with E-state index in [4.69, 9.17) is 4.74 Å². The van der Waals surface area contributed by atoms with Gasteiger partial charge in [0.05, 0.1) is 0 Å². The minimum Gasteiger partial charge on any atom is -0.492 e. The summed E-state index contributed by atoms with van der Waals surface area (Å²) in [5.41, 5.74) is 1.11. The zero-order valence-electron chi connectivity index (χ0n) is 11.1. The second kappa shape index (κ2) is 8.03. The van der Waals surface area contributed by atoms with Gasteiger partial charge >= 0.3 is 0 Å². The number of hydrogen-bond acceptors (Lipinski definition) is 4. The minimum atomic E-state index is 0.725. The Morgan fingerprint density at radius 2 is 2.12 bits per heavy atom. The van der Waals surface area contributed by atoms with Crippen LogP contribution in [-0.4, -0.2) is 43.2 Å². The van der Waals surface area contributed by atoms with Crippen LogP contribution in [0.3, 0.4) is 0 Å². The van der Waals surface area contributed by atoms with E-state index in [0.717, 1.165) is 44.1 Å². The standard InChI is InChI=1S/C13H23N3O/c1-4-16(5-2)8-9-17-13-6-7-15-11-12(13)10-14-3/h6-7,11,14H,4-5,8-10H2,1-3H3. The third-order valence-electron chi connectivity index (χ3n) is 2.79. The van der Waals surface area contributed by atoms with E-state index >= 15 is 0 Å². The Morgan fingerprint density at radius 1 is 1.35 bits per heavy atom. The summed E-state index contributed by atoms with van der Waals surface area (Å²) >= 11 is 0. The van der Waals surface area contributed by atoms with Crippen LogP contribution in [0, 0.1) is 0 Å². The van der Waals surface area contributed by atoms with Crippen molar-refractivity contribution in [1.29, 1.82) is 0 Å². The molecule has 0 atom stereocenters. The molecule has 1 aromatic heterocycles. The highest BCUT2D eigenvalue weighted by atomic mass is 16.5. The summed E-state index contributed by atoms with van der Waals surface area (Å²) in [4.78, 5) is 6.46. The smallest absolute Gasteiger partial charge is 0.126 e. The molecular formula is C13H23N3O. The zero-order chi connectivity index (χ0) is 12.5. The van der Waals surface area contributed by atoms with Gasteiger partial charge in [0.2, 0.25) is 0 Å². The summed E-state index contributed by atoms with van der Waals surface area (Å²) in [6.45, 7) is 8.95. The monoisotopic (exact) mass is 237 g/mol. The maximum absolute atomic E-state index is 5.80. The normalized spacial score (nSPS) is 10.8. The van der Waals surface area contributed by atoms with E-state index in [1.54, 1.807) is 6.20 Å². The predicted molar refractivity (Wildman–Crippen MR) is 70.3 cm³/mol. The van der Waals surface area contributed by atoms with E-state index in [0.29, 0.717) is 0 Å². The molecule has 0 aliphatic rings. The summed E-state index contributed by atoms with van der Waals surface area (Å²) in [6.07, 6.45) is 3.62. The summed E-state index contributed by atoms with van der Waals surface area (Å²) in [5, 5.41) is 3.12. The van der Waals surface area contributed by atoms with Gasteiger partial charge in [0.15, 0.2) is 0 Å². The SMILES string of the molecule is CCN(CC)CCOc1ccncc1CNC. The molecule has 17 heavy (non-hydrogen) atoms. The lowest BCUT2D eigenvalue weighted by molar-refractivity contribution is 0.221. The van der Waals surface area contributed by atoms with E-state index in [-0.39, 0.29) is 0 Å². The van der Waals surface area contributed by atoms with Crippen LogP contribution < -0.4 is 10.1 Å². The van der Waals surface area contributed by atoms with E-state index < -0.39 is 0 Å². The van der Waals surface area contributed by atoms with Gasteiger partial charge in [0.1, 0.15) is 12.4 Å². The first kappa shape index (κ1) is 13.9. The van der Waals surface area contributed by atoms with Crippen LogP contribution >= 0.6 is 0 Å². The Bertz CT molecular complexity index is 313. The molecule has 1 heterocycles. The van der Waals surface area contributed by atoms with E-state index in [1.165, 1.54) is 0 Å².